The maximum absolute atomic E-state index is 9.03. The lowest BCUT2D eigenvalue weighted by Crippen LogP contribution is -2.49. The highest BCUT2D eigenvalue weighted by molar-refractivity contribution is 7.44. The Bertz CT molecular complexity index is 620. The van der Waals surface area contributed by atoms with Crippen molar-refractivity contribution in [2.75, 3.05) is 13.4 Å². The zero-order chi connectivity index (χ0) is 26.9. The van der Waals surface area contributed by atoms with Gasteiger partial charge in [-0.3, -0.25) is 0 Å². The van der Waals surface area contributed by atoms with E-state index in [1.165, 1.54) is 0 Å². The summed E-state index contributed by atoms with van der Waals surface area (Å²) in [7, 11) is -1.37. The molecule has 1 heterocycles. The summed E-state index contributed by atoms with van der Waals surface area (Å²) in [5.74, 6) is 0. The fourth-order valence-corrected chi connectivity index (χ4v) is 12.7. The van der Waals surface area contributed by atoms with E-state index in [1.54, 1.807) is 0 Å². The maximum atomic E-state index is 9.03. The Morgan fingerprint density at radius 2 is 1.51 bits per heavy atom. The van der Waals surface area contributed by atoms with E-state index >= 15 is 0 Å². The van der Waals surface area contributed by atoms with Crippen LogP contribution in [0, 0.1) is 11.3 Å². The second-order valence-electron chi connectivity index (χ2n) is 11.1. The molecule has 0 aromatic heterocycles. The zero-order valence-corrected chi connectivity index (χ0v) is 26.3. The molecule has 0 saturated carbocycles. The Hall–Kier alpha value is -0.0382. The monoisotopic (exact) mass is 530 g/mol. The topological polar surface area (TPSA) is 73.2 Å². The zero-order valence-electron chi connectivity index (χ0n) is 24.4. The normalized spacial score (nSPS) is 24.5. The fraction of sp³-hybridized carbons (Fsp3) is 0.960. The molecule has 204 valence electrons. The predicted octanol–water partition coefficient (Wildman–Crippen LogP) is 5.95. The minimum atomic E-state index is -2.04. The van der Waals surface area contributed by atoms with Crippen molar-refractivity contribution in [3.8, 4) is 6.07 Å². The highest BCUT2D eigenvalue weighted by atomic mass is 31.2. The third-order valence-corrected chi connectivity index (χ3v) is 15.3. The van der Waals surface area contributed by atoms with Crippen LogP contribution < -0.4 is 0 Å². The summed E-state index contributed by atoms with van der Waals surface area (Å²) in [6, 6.07) is 2.53. The van der Waals surface area contributed by atoms with E-state index in [9.17, 15) is 0 Å². The van der Waals surface area contributed by atoms with Crippen LogP contribution in [0.25, 0.3) is 0 Å². The highest BCUT2D eigenvalue weighted by Crippen LogP contribution is 2.50. The van der Waals surface area contributed by atoms with Gasteiger partial charge in [-0.15, -0.1) is 0 Å². The van der Waals surface area contributed by atoms with Gasteiger partial charge < -0.3 is 22.9 Å². The van der Waals surface area contributed by atoms with Crippen LogP contribution in [0.1, 0.15) is 89.0 Å². The number of hydrogen-bond donors (Lipinski definition) is 0. The molecule has 0 bridgehead atoms. The summed E-state index contributed by atoms with van der Waals surface area (Å²) in [5.41, 5.74) is 1.47. The molecule has 2 unspecified atom stereocenters. The van der Waals surface area contributed by atoms with E-state index in [0.717, 1.165) is 6.42 Å². The Labute approximate surface area is 219 Å². The average Bonchev–Trinajstić information content (AvgIpc) is 3.04. The summed E-state index contributed by atoms with van der Waals surface area (Å²) in [4.78, 5) is 0. The van der Waals surface area contributed by atoms with E-state index < -0.39 is 16.8 Å². The van der Waals surface area contributed by atoms with Crippen molar-refractivity contribution in [3.05, 3.63) is 0 Å². The molecular weight excluding hydrogens is 478 g/mol. The SMILES string of the molecule is B[C@@H]1O[C@H](CC)C(OP(OCCC#N)N(C(C)C)C(C)C)[C@@H]1OCO[Si](C(C)C)(C(C)C)C(C)C. The van der Waals surface area contributed by atoms with Crippen molar-refractivity contribution in [3.63, 3.8) is 0 Å². The smallest absolute Gasteiger partial charge is 0.259 e. The largest absolute Gasteiger partial charge is 0.394 e. The number of rotatable bonds is 16. The highest BCUT2D eigenvalue weighted by Gasteiger charge is 2.48. The summed E-state index contributed by atoms with van der Waals surface area (Å²) in [5, 5.41) is 9.03. The minimum Gasteiger partial charge on any atom is -0.394 e. The minimum absolute atomic E-state index is 0.0805. The average molecular weight is 531 g/mol. The van der Waals surface area contributed by atoms with Gasteiger partial charge in [0.25, 0.3) is 8.53 Å². The van der Waals surface area contributed by atoms with E-state index in [0.29, 0.717) is 29.7 Å². The van der Waals surface area contributed by atoms with E-state index in [1.807, 2.05) is 0 Å². The van der Waals surface area contributed by atoms with Crippen molar-refractivity contribution in [2.45, 2.75) is 142 Å². The molecule has 1 saturated heterocycles. The molecule has 0 amide bonds. The van der Waals surface area contributed by atoms with Crippen molar-refractivity contribution in [1.29, 1.82) is 5.26 Å². The number of nitrogens with zero attached hydrogens (tertiary/aromatic N) is 2. The molecule has 0 aliphatic carbocycles. The quantitative estimate of drug-likeness (QED) is 0.106. The lowest BCUT2D eigenvalue weighted by atomic mass is 9.92. The van der Waals surface area contributed by atoms with Gasteiger partial charge in [-0.25, -0.2) is 4.67 Å². The van der Waals surface area contributed by atoms with Gasteiger partial charge in [-0.05, 0) is 50.7 Å². The molecule has 1 rings (SSSR count). The number of hydrogen-bond acceptors (Lipinski definition) is 7. The Kier molecular flexibility index (Phi) is 14.5. The summed E-state index contributed by atoms with van der Waals surface area (Å²) in [6.07, 6.45) is 0.566. The Balaban J connectivity index is 3.11. The van der Waals surface area contributed by atoms with Crippen molar-refractivity contribution < 1.29 is 22.9 Å². The molecule has 5 atom stereocenters. The van der Waals surface area contributed by atoms with Gasteiger partial charge in [0.2, 0.25) is 8.32 Å². The van der Waals surface area contributed by atoms with E-state index in [2.05, 4.69) is 94.7 Å². The van der Waals surface area contributed by atoms with Crippen molar-refractivity contribution in [1.82, 2.24) is 4.67 Å². The molecule has 0 radical (unpaired) electrons. The second-order valence-corrected chi connectivity index (χ2v) is 18.0. The molecule has 1 aliphatic heterocycles. The third-order valence-electron chi connectivity index (χ3n) is 7.10. The second kappa shape index (κ2) is 15.4. The van der Waals surface area contributed by atoms with E-state index in [4.69, 9.17) is 28.2 Å². The van der Waals surface area contributed by atoms with E-state index in [-0.39, 0.29) is 43.2 Å². The standard InChI is InChI=1S/C25H52BN2O5PSi/c1-12-22-23(33-34(30-15-13-14-27)28(17(2)3)18(4)5)24(25(26)32-22)29-16-31-35(19(6)7,20(8)9)21(10)11/h17-25H,12-13,15-16,26H2,1-11H3/t22-,23?,24+,25-,34?/m1/s1. The first-order valence-corrected chi connectivity index (χ1v) is 16.8. The molecule has 10 heteroatoms. The van der Waals surface area contributed by atoms with Crippen LogP contribution in [0.2, 0.25) is 16.6 Å². The molecule has 0 N–H and O–H groups in total. The van der Waals surface area contributed by atoms with Crippen LogP contribution in [0.4, 0.5) is 0 Å². The Morgan fingerprint density at radius 3 is 1.94 bits per heavy atom. The first kappa shape index (κ1) is 33.0. The fourth-order valence-electron chi connectivity index (χ4n) is 5.71. The van der Waals surface area contributed by atoms with Gasteiger partial charge in [0.1, 0.15) is 26.8 Å². The third kappa shape index (κ3) is 8.48. The van der Waals surface area contributed by atoms with Crippen LogP contribution in [-0.2, 0) is 22.9 Å². The first-order chi connectivity index (χ1) is 16.3. The van der Waals surface area contributed by atoms with Crippen LogP contribution >= 0.6 is 8.53 Å². The molecule has 0 aromatic carbocycles. The molecular formula is C25H52BN2O5PSi. The van der Waals surface area contributed by atoms with Crippen LogP contribution in [0.3, 0.4) is 0 Å². The summed E-state index contributed by atoms with van der Waals surface area (Å²) < 4.78 is 34.5. The first-order valence-electron chi connectivity index (χ1n) is 13.5. The lowest BCUT2D eigenvalue weighted by molar-refractivity contribution is -0.0803. The summed E-state index contributed by atoms with van der Waals surface area (Å²) >= 11 is 0. The van der Waals surface area contributed by atoms with Crippen LogP contribution in [0.5, 0.6) is 0 Å². The van der Waals surface area contributed by atoms with Crippen LogP contribution in [-0.4, -0.2) is 70.6 Å². The molecule has 0 aromatic rings. The molecule has 35 heavy (non-hydrogen) atoms. The number of nitriles is 1. The molecule has 1 fully saturated rings. The van der Waals surface area contributed by atoms with Crippen molar-refractivity contribution >= 4 is 24.7 Å². The number of ether oxygens (including phenoxy) is 2. The molecule has 7 nitrogen and oxygen atoms in total. The van der Waals surface area contributed by atoms with Gasteiger partial charge in [0, 0.05) is 12.1 Å². The van der Waals surface area contributed by atoms with Gasteiger partial charge in [-0.1, -0.05) is 48.5 Å². The molecule has 0 spiro atoms. The van der Waals surface area contributed by atoms with Gasteiger partial charge in [0.05, 0.1) is 31.2 Å². The van der Waals surface area contributed by atoms with Gasteiger partial charge in [-0.2, -0.15) is 5.26 Å². The van der Waals surface area contributed by atoms with Crippen molar-refractivity contribution in [2.24, 2.45) is 0 Å². The summed E-state index contributed by atoms with van der Waals surface area (Å²) in [6.45, 7) is 25.0. The van der Waals surface area contributed by atoms with Gasteiger partial charge in [0.15, 0.2) is 0 Å². The lowest BCUT2D eigenvalue weighted by Gasteiger charge is -2.42. The Morgan fingerprint density at radius 1 is 0.971 bits per heavy atom. The predicted molar refractivity (Wildman–Crippen MR) is 149 cm³/mol. The maximum Gasteiger partial charge on any atom is 0.259 e. The van der Waals surface area contributed by atoms with Gasteiger partial charge >= 0.3 is 0 Å². The molecule has 1 aliphatic rings. The van der Waals surface area contributed by atoms with Crippen LogP contribution in [0.15, 0.2) is 0 Å².